The predicted molar refractivity (Wildman–Crippen MR) is 5.75 cm³/mol. The van der Waals surface area contributed by atoms with E-state index in [1.165, 1.54) is 0 Å². The van der Waals surface area contributed by atoms with Crippen molar-refractivity contribution in [2.24, 2.45) is 0 Å². The molecule has 0 aromatic heterocycles. The van der Waals surface area contributed by atoms with Gasteiger partial charge in [0.15, 0.2) is 0 Å². The first kappa shape index (κ1) is 31.8. The molecule has 0 radical (unpaired) electrons. The minimum atomic E-state index is 0. The summed E-state index contributed by atoms with van der Waals surface area (Å²) in [4.78, 5) is 0. The van der Waals surface area contributed by atoms with Gasteiger partial charge in [0.25, 0.3) is 0 Å². The van der Waals surface area contributed by atoms with E-state index in [1.54, 1.807) is 0 Å². The van der Waals surface area contributed by atoms with Gasteiger partial charge in [-0.15, -0.1) is 0 Å². The van der Waals surface area contributed by atoms with Gasteiger partial charge in [-0.3, -0.25) is 0 Å². The third-order valence-corrected chi connectivity index (χ3v) is 0. The summed E-state index contributed by atoms with van der Waals surface area (Å²) in [5, 5.41) is 0. The summed E-state index contributed by atoms with van der Waals surface area (Å²) in [6.45, 7) is 0. The Labute approximate surface area is 80.7 Å². The van der Waals surface area contributed by atoms with Crippen molar-refractivity contribution >= 4 is 37.7 Å². The summed E-state index contributed by atoms with van der Waals surface area (Å²) in [7, 11) is 0. The molecule has 0 aliphatic carbocycles. The van der Waals surface area contributed by atoms with E-state index < -0.39 is 0 Å². The fraction of sp³-hybridized carbons (Fsp3) is 0. The van der Waals surface area contributed by atoms with Gasteiger partial charge in [0.1, 0.15) is 0 Å². The summed E-state index contributed by atoms with van der Waals surface area (Å²) in [5.74, 6) is 0. The van der Waals surface area contributed by atoms with Crippen molar-refractivity contribution in [3.63, 3.8) is 0 Å². The van der Waals surface area contributed by atoms with Crippen LogP contribution in [-0.4, -0.2) is 37.7 Å². The van der Waals surface area contributed by atoms with E-state index in [4.69, 9.17) is 0 Å². The van der Waals surface area contributed by atoms with Crippen molar-refractivity contribution in [2.45, 2.75) is 0 Å². The Balaban J connectivity index is 0. The topological polar surface area (TPSA) is 0 Å². The van der Waals surface area contributed by atoms with Crippen LogP contribution in [0.5, 0.6) is 0 Å². The van der Waals surface area contributed by atoms with Gasteiger partial charge in [0.2, 0.25) is 0 Å². The molecule has 0 saturated carbocycles. The number of halogens is 2. The van der Waals surface area contributed by atoms with Crippen molar-refractivity contribution in [3.05, 3.63) is 0 Å². The van der Waals surface area contributed by atoms with Gasteiger partial charge >= 0.3 is 37.7 Å². The summed E-state index contributed by atoms with van der Waals surface area (Å²) in [5.41, 5.74) is 0. The van der Waals surface area contributed by atoms with Crippen LogP contribution in [0.3, 0.4) is 0 Å². The van der Waals surface area contributed by atoms with Crippen LogP contribution < -0.4 is 24.8 Å². The third kappa shape index (κ3) is 8.82. The van der Waals surface area contributed by atoms with Crippen molar-refractivity contribution in [2.75, 3.05) is 0 Å². The molecule has 4 heavy (non-hydrogen) atoms. The maximum Gasteiger partial charge on any atom is 2.00 e. The first-order valence-corrected chi connectivity index (χ1v) is 0. The van der Waals surface area contributed by atoms with Gasteiger partial charge in [0, 0.05) is 19.5 Å². The predicted octanol–water partition coefficient (Wildman–Crippen LogP) is -6.38. The van der Waals surface area contributed by atoms with E-state index >= 15 is 0 Å². The molecule has 0 saturated heterocycles. The fourth-order valence-electron chi connectivity index (χ4n) is 0. The number of hydrogen-bond acceptors (Lipinski definition) is 0. The van der Waals surface area contributed by atoms with Crippen molar-refractivity contribution in [1.29, 1.82) is 0 Å². The Morgan fingerprint density at radius 2 is 0.750 bits per heavy atom. The van der Waals surface area contributed by atoms with Gasteiger partial charge in [0.05, 0.1) is 0 Å². The van der Waals surface area contributed by atoms with Crippen molar-refractivity contribution in [3.8, 4) is 0 Å². The Hall–Kier alpha value is 2.46. The van der Waals surface area contributed by atoms with E-state index in [2.05, 4.69) is 0 Å². The normalized spacial score (nSPS) is 0. The molecule has 0 rings (SSSR count). The molecular formula is CaCl2Zn. The summed E-state index contributed by atoms with van der Waals surface area (Å²) >= 11 is 0. The van der Waals surface area contributed by atoms with Gasteiger partial charge in [-0.2, -0.15) is 0 Å². The minimum Gasteiger partial charge on any atom is -1.00 e. The van der Waals surface area contributed by atoms with Gasteiger partial charge in [-0.05, 0) is 0 Å². The largest absolute Gasteiger partial charge is 2.00 e. The molecule has 0 aliphatic heterocycles. The Morgan fingerprint density at radius 3 is 0.750 bits per heavy atom. The molecule has 0 aromatic rings. The summed E-state index contributed by atoms with van der Waals surface area (Å²) in [6, 6.07) is 0. The van der Waals surface area contributed by atoms with Crippen LogP contribution in [0.25, 0.3) is 0 Å². The summed E-state index contributed by atoms with van der Waals surface area (Å²) in [6.07, 6.45) is 0. The molecule has 0 spiro atoms. The second-order valence-corrected chi connectivity index (χ2v) is 0. The average Bonchev–Trinajstić information content (AvgIpc) is 0. The second-order valence-electron chi connectivity index (χ2n) is 0. The van der Waals surface area contributed by atoms with Crippen LogP contribution in [-0.2, 0) is 19.5 Å². The molecule has 0 amide bonds. The first-order valence-electron chi connectivity index (χ1n) is 0. The molecule has 0 aromatic carbocycles. The Bertz CT molecular complexity index is 6.00. The van der Waals surface area contributed by atoms with Crippen LogP contribution >= 0.6 is 0 Å². The maximum atomic E-state index is 0. The van der Waals surface area contributed by atoms with Crippen LogP contribution in [0.15, 0.2) is 0 Å². The molecule has 0 aliphatic rings. The summed E-state index contributed by atoms with van der Waals surface area (Å²) < 4.78 is 0. The molecule has 0 bridgehead atoms. The van der Waals surface area contributed by atoms with Gasteiger partial charge in [-0.25, -0.2) is 0 Å². The van der Waals surface area contributed by atoms with E-state index in [-0.39, 0.29) is 82.0 Å². The minimum absolute atomic E-state index is 0. The molecule has 0 unspecified atom stereocenters. The quantitative estimate of drug-likeness (QED) is 0.322. The maximum absolute atomic E-state index is 0. The zero-order valence-electron chi connectivity index (χ0n) is 2.17. The van der Waals surface area contributed by atoms with Crippen molar-refractivity contribution in [1.82, 2.24) is 0 Å². The van der Waals surface area contributed by atoms with Gasteiger partial charge in [-0.1, -0.05) is 0 Å². The van der Waals surface area contributed by atoms with E-state index in [1.807, 2.05) is 0 Å². The Morgan fingerprint density at radius 1 is 0.750 bits per heavy atom. The molecule has 0 heterocycles. The van der Waals surface area contributed by atoms with Crippen LogP contribution in [0.2, 0.25) is 0 Å². The van der Waals surface area contributed by atoms with E-state index in [0.29, 0.717) is 0 Å². The van der Waals surface area contributed by atoms with Crippen LogP contribution in [0.4, 0.5) is 0 Å². The van der Waals surface area contributed by atoms with Crippen LogP contribution in [0, 0.1) is 0 Å². The number of hydrogen-bond donors (Lipinski definition) is 0. The standard InChI is InChI=1S/Ca.2ClH.Zn/h;2*1H;/q+2;;;/p-2. The smallest absolute Gasteiger partial charge is 1.00 e. The van der Waals surface area contributed by atoms with E-state index in [9.17, 15) is 0 Å². The molecule has 0 N–H and O–H groups in total. The molecule has 0 atom stereocenters. The SMILES string of the molecule is [Ca+2].[Cl-].[Cl-].[Zn]. The molecule has 18 valence electrons. The fourth-order valence-corrected chi connectivity index (χ4v) is 0. The monoisotopic (exact) mass is 174 g/mol. The first-order chi connectivity index (χ1) is 0. The molecule has 0 nitrogen and oxygen atoms in total. The van der Waals surface area contributed by atoms with Crippen LogP contribution in [0.1, 0.15) is 0 Å². The second kappa shape index (κ2) is 17.9. The third-order valence-electron chi connectivity index (χ3n) is 0. The molecule has 0 fully saturated rings. The average molecular weight is 176 g/mol. The van der Waals surface area contributed by atoms with E-state index in [0.717, 1.165) is 0 Å². The molecular weight excluding hydrogens is 176 g/mol. The van der Waals surface area contributed by atoms with Gasteiger partial charge < -0.3 is 24.8 Å². The number of rotatable bonds is 0. The molecule has 4 heteroatoms. The van der Waals surface area contributed by atoms with Crippen molar-refractivity contribution < 1.29 is 44.3 Å². The Kier molecular flexibility index (Phi) is 143. The zero-order chi connectivity index (χ0) is 0. The zero-order valence-corrected chi connectivity index (χ0v) is 8.86.